The van der Waals surface area contributed by atoms with Gasteiger partial charge in [0, 0.05) is 10.9 Å². The lowest BCUT2D eigenvalue weighted by Gasteiger charge is -2.34. The summed E-state index contributed by atoms with van der Waals surface area (Å²) < 4.78 is 91.5. The average molecular weight is 466 g/mol. The highest BCUT2D eigenvalue weighted by molar-refractivity contribution is 9.09. The van der Waals surface area contributed by atoms with Gasteiger partial charge in [-0.2, -0.15) is 26.3 Å². The van der Waals surface area contributed by atoms with Gasteiger partial charge in [-0.25, -0.2) is 4.39 Å². The van der Waals surface area contributed by atoms with Crippen LogP contribution in [0.1, 0.15) is 12.5 Å². The monoisotopic (exact) mass is 464 g/mol. The molecular formula is C16H11BrClF7N. The third-order valence-electron chi connectivity index (χ3n) is 3.87. The molecule has 0 aromatic heterocycles. The Kier molecular flexibility index (Phi) is 5.83. The first-order valence-electron chi connectivity index (χ1n) is 7.11. The Morgan fingerprint density at radius 3 is 2.04 bits per heavy atom. The minimum absolute atomic E-state index is 0.0484. The van der Waals surface area contributed by atoms with Gasteiger partial charge in [0.25, 0.3) is 0 Å². The number of benzene rings is 1. The fourth-order valence-corrected chi connectivity index (χ4v) is 3.38. The van der Waals surface area contributed by atoms with Crippen LogP contribution >= 0.6 is 27.5 Å². The molecule has 0 bridgehead atoms. The van der Waals surface area contributed by atoms with Crippen LogP contribution in [-0.2, 0) is 6.42 Å². The zero-order valence-electron chi connectivity index (χ0n) is 13.0. The van der Waals surface area contributed by atoms with Crippen molar-refractivity contribution in [3.63, 3.8) is 0 Å². The van der Waals surface area contributed by atoms with Crippen LogP contribution in [0.5, 0.6) is 0 Å². The maximum Gasteiger partial charge on any atom is 0.437 e. The molecule has 10 heteroatoms. The van der Waals surface area contributed by atoms with E-state index in [9.17, 15) is 30.7 Å². The molecule has 0 fully saturated rings. The molecule has 0 N–H and O–H groups in total. The van der Waals surface area contributed by atoms with Gasteiger partial charge in [0.1, 0.15) is 4.95 Å². The van der Waals surface area contributed by atoms with Crippen molar-refractivity contribution in [1.29, 1.82) is 0 Å². The van der Waals surface area contributed by atoms with Crippen molar-refractivity contribution in [1.82, 2.24) is 0 Å². The Balaban J connectivity index is 2.41. The maximum atomic E-state index is 14.2. The molecule has 0 aliphatic carbocycles. The van der Waals surface area contributed by atoms with Gasteiger partial charge >= 0.3 is 18.0 Å². The first-order chi connectivity index (χ1) is 11.8. The molecule has 1 aliphatic rings. The number of allylic oxidation sites excluding steroid dienone is 1. The maximum absolute atomic E-state index is 14.2. The third-order valence-corrected chi connectivity index (χ3v) is 5.00. The molecule has 1 unspecified atom stereocenters. The number of alkyl halides is 8. The second-order valence-corrected chi connectivity index (χ2v) is 6.90. The summed E-state index contributed by atoms with van der Waals surface area (Å²) >= 11 is 8.95. The molecular weight excluding hydrogens is 455 g/mol. The highest BCUT2D eigenvalue weighted by Crippen LogP contribution is 2.49. The van der Waals surface area contributed by atoms with Crippen LogP contribution in [0.25, 0.3) is 0 Å². The van der Waals surface area contributed by atoms with Gasteiger partial charge in [0.15, 0.2) is 0 Å². The van der Waals surface area contributed by atoms with E-state index in [-0.39, 0.29) is 12.0 Å². The Labute approximate surface area is 158 Å². The van der Waals surface area contributed by atoms with E-state index < -0.39 is 28.7 Å². The average Bonchev–Trinajstić information content (AvgIpc) is 2.49. The minimum atomic E-state index is -6.20. The van der Waals surface area contributed by atoms with Gasteiger partial charge in [-0.3, -0.25) is 4.99 Å². The van der Waals surface area contributed by atoms with Gasteiger partial charge in [0.2, 0.25) is 0 Å². The molecule has 0 saturated carbocycles. The van der Waals surface area contributed by atoms with E-state index in [2.05, 4.69) is 20.9 Å². The number of halogens is 9. The zero-order valence-corrected chi connectivity index (χ0v) is 15.4. The summed E-state index contributed by atoms with van der Waals surface area (Å²) in [5.41, 5.74) is -6.63. The number of hydrogen-bond acceptors (Lipinski definition) is 1. The Hall–Kier alpha value is -1.09. The molecule has 1 nitrogen and oxygen atoms in total. The third kappa shape index (κ3) is 3.78. The molecule has 2 rings (SSSR count). The smallest absolute Gasteiger partial charge is 0.270 e. The predicted octanol–water partition coefficient (Wildman–Crippen LogP) is 6.41. The number of hydrogen-bond donors (Lipinski definition) is 0. The van der Waals surface area contributed by atoms with E-state index in [1.54, 1.807) is 24.3 Å². The normalized spacial score (nSPS) is 20.0. The van der Waals surface area contributed by atoms with Crippen LogP contribution < -0.4 is 0 Å². The van der Waals surface area contributed by atoms with Crippen molar-refractivity contribution < 1.29 is 30.7 Å². The van der Waals surface area contributed by atoms with E-state index in [0.29, 0.717) is 22.6 Å². The molecule has 0 saturated heterocycles. The van der Waals surface area contributed by atoms with Crippen molar-refractivity contribution in [2.24, 2.45) is 4.99 Å². The number of dihydropyridines is 1. The van der Waals surface area contributed by atoms with Gasteiger partial charge in [-0.05, 0) is 31.1 Å². The van der Waals surface area contributed by atoms with E-state index in [0.717, 1.165) is 0 Å². The summed E-state index contributed by atoms with van der Waals surface area (Å²) in [7, 11) is 0. The van der Waals surface area contributed by atoms with Crippen LogP contribution in [-0.4, -0.2) is 28.7 Å². The van der Waals surface area contributed by atoms with Gasteiger partial charge in [0.05, 0.1) is 5.71 Å². The first-order valence-corrected chi connectivity index (χ1v) is 8.41. The van der Waals surface area contributed by atoms with Gasteiger partial charge < -0.3 is 0 Å². The highest BCUT2D eigenvalue weighted by Gasteiger charge is 2.75. The van der Waals surface area contributed by atoms with Crippen LogP contribution in [0.4, 0.5) is 30.7 Å². The summed E-state index contributed by atoms with van der Waals surface area (Å²) in [6.07, 6.45) is -11.8. The SMILES string of the molecule is CC1=CC(C(F)(C(F)(F)F)C(F)(F)F)=NC(Br)[C]1Cc1ccccc1Cl. The minimum Gasteiger partial charge on any atom is -0.270 e. The molecule has 1 heterocycles. The van der Waals surface area contributed by atoms with Crippen molar-refractivity contribution in [2.45, 2.75) is 36.3 Å². The topological polar surface area (TPSA) is 12.4 Å². The van der Waals surface area contributed by atoms with Crippen LogP contribution in [0, 0.1) is 5.92 Å². The molecule has 1 radical (unpaired) electrons. The van der Waals surface area contributed by atoms with Crippen LogP contribution in [0.15, 0.2) is 40.9 Å². The lowest BCUT2D eigenvalue weighted by Crippen LogP contribution is -2.59. The lowest BCUT2D eigenvalue weighted by atomic mass is 9.86. The Morgan fingerprint density at radius 2 is 1.58 bits per heavy atom. The molecule has 1 aliphatic heterocycles. The quantitative estimate of drug-likeness (QED) is 0.278. The molecule has 0 spiro atoms. The summed E-state index contributed by atoms with van der Waals surface area (Å²) in [5, 5.41) is 0.382. The highest BCUT2D eigenvalue weighted by atomic mass is 79.9. The molecule has 1 aromatic rings. The van der Waals surface area contributed by atoms with Crippen molar-refractivity contribution in [3.8, 4) is 0 Å². The second kappa shape index (κ2) is 7.14. The van der Waals surface area contributed by atoms with Crippen molar-refractivity contribution in [3.05, 3.63) is 52.4 Å². The molecule has 143 valence electrons. The summed E-state index contributed by atoms with van der Waals surface area (Å²) in [4.78, 5) is 2.06. The van der Waals surface area contributed by atoms with Gasteiger partial charge in [-0.15, -0.1) is 0 Å². The predicted molar refractivity (Wildman–Crippen MR) is 88.3 cm³/mol. The van der Waals surface area contributed by atoms with Crippen molar-refractivity contribution in [2.75, 3.05) is 0 Å². The van der Waals surface area contributed by atoms with E-state index in [1.165, 1.54) is 6.92 Å². The molecule has 1 atom stereocenters. The second-order valence-electron chi connectivity index (χ2n) is 5.62. The summed E-state index contributed by atoms with van der Waals surface area (Å²) in [6.45, 7) is 1.29. The number of nitrogens with zero attached hydrogens (tertiary/aromatic N) is 1. The summed E-state index contributed by atoms with van der Waals surface area (Å²) in [5.74, 6) is 0.383. The van der Waals surface area contributed by atoms with E-state index in [1.807, 2.05) is 0 Å². The Morgan fingerprint density at radius 1 is 1.04 bits per heavy atom. The standard InChI is InChI=1S/C16H11BrClF7N/c1-8-6-12(14(19,15(20,21)22)16(23,24)25)26-13(17)10(8)7-9-4-2-3-5-11(9)18/h2-6,13H,7H2,1H3. The molecule has 1 aromatic carbocycles. The largest absolute Gasteiger partial charge is 0.437 e. The fraction of sp³-hybridized carbons (Fsp3) is 0.375. The number of rotatable bonds is 3. The number of aliphatic imine (C=N–C) groups is 1. The van der Waals surface area contributed by atoms with E-state index in [4.69, 9.17) is 11.6 Å². The van der Waals surface area contributed by atoms with Gasteiger partial charge in [-0.1, -0.05) is 51.3 Å². The van der Waals surface area contributed by atoms with E-state index >= 15 is 0 Å². The lowest BCUT2D eigenvalue weighted by molar-refractivity contribution is -0.312. The molecule has 26 heavy (non-hydrogen) atoms. The Bertz CT molecular complexity index is 725. The van der Waals surface area contributed by atoms with Crippen molar-refractivity contribution >= 4 is 33.2 Å². The zero-order chi connectivity index (χ0) is 19.9. The van der Waals surface area contributed by atoms with Crippen LogP contribution in [0.2, 0.25) is 5.02 Å². The first kappa shape index (κ1) is 21.2. The fourth-order valence-electron chi connectivity index (χ4n) is 2.43. The summed E-state index contributed by atoms with van der Waals surface area (Å²) in [6, 6.07) is 6.61. The molecule has 0 amide bonds. The van der Waals surface area contributed by atoms with Crippen LogP contribution in [0.3, 0.4) is 0 Å².